The Morgan fingerprint density at radius 2 is 1.73 bits per heavy atom. The maximum atomic E-state index is 5.80. The molecule has 0 atom stereocenters. The van der Waals surface area contributed by atoms with Crippen molar-refractivity contribution in [2.24, 2.45) is 0 Å². The minimum Gasteiger partial charge on any atom is -0.504 e. The van der Waals surface area contributed by atoms with E-state index in [0.717, 1.165) is 28.6 Å². The Morgan fingerprint density at radius 3 is 2.00 bits per heavy atom. The molecular weight excluding hydrogens is 200 g/mol. The van der Waals surface area contributed by atoms with E-state index < -0.39 is 8.07 Å². The van der Waals surface area contributed by atoms with Crippen molar-refractivity contribution in [3.05, 3.63) is 12.0 Å². The highest BCUT2D eigenvalue weighted by Gasteiger charge is 2.54. The van der Waals surface area contributed by atoms with Crippen LogP contribution in [0.25, 0.3) is 0 Å². The molecule has 1 fully saturated rings. The molecule has 0 aromatic rings. The van der Waals surface area contributed by atoms with Gasteiger partial charge in [0.15, 0.2) is 0 Å². The molecule has 1 rings (SSSR count). The zero-order valence-corrected chi connectivity index (χ0v) is 12.0. The van der Waals surface area contributed by atoms with Gasteiger partial charge >= 0.3 is 0 Å². The van der Waals surface area contributed by atoms with E-state index in [1.807, 2.05) is 0 Å². The summed E-state index contributed by atoms with van der Waals surface area (Å²) in [6.07, 6.45) is 2.82. The van der Waals surface area contributed by atoms with E-state index in [4.69, 9.17) is 4.74 Å². The first-order valence-corrected chi connectivity index (χ1v) is 8.53. The monoisotopic (exact) mass is 226 g/mol. The first kappa shape index (κ1) is 12.8. The van der Waals surface area contributed by atoms with E-state index >= 15 is 0 Å². The minimum atomic E-state index is -1.46. The van der Waals surface area contributed by atoms with Crippen LogP contribution < -0.4 is 0 Å². The van der Waals surface area contributed by atoms with Crippen LogP contribution >= 0.6 is 0 Å². The maximum absolute atomic E-state index is 5.80. The number of hydrogen-bond donors (Lipinski definition) is 0. The van der Waals surface area contributed by atoms with Crippen molar-refractivity contribution in [1.82, 2.24) is 0 Å². The lowest BCUT2D eigenvalue weighted by Gasteiger charge is -2.40. The summed E-state index contributed by atoms with van der Waals surface area (Å²) in [5.74, 6) is 0. The van der Waals surface area contributed by atoms with E-state index in [2.05, 4.69) is 41.2 Å². The second-order valence-corrected chi connectivity index (χ2v) is 10.9. The van der Waals surface area contributed by atoms with Gasteiger partial charge in [-0.1, -0.05) is 47.1 Å². The highest BCUT2D eigenvalue weighted by Crippen LogP contribution is 2.57. The van der Waals surface area contributed by atoms with E-state index in [-0.39, 0.29) is 0 Å². The molecule has 0 radical (unpaired) electrons. The average molecular weight is 226 g/mol. The average Bonchev–Trinajstić information content (AvgIpc) is 2.88. The van der Waals surface area contributed by atoms with Crippen molar-refractivity contribution < 1.29 is 4.74 Å². The number of rotatable bonds is 6. The van der Waals surface area contributed by atoms with E-state index in [0.29, 0.717) is 0 Å². The highest BCUT2D eigenvalue weighted by molar-refractivity contribution is 6.90. The van der Waals surface area contributed by atoms with Crippen LogP contribution in [0.1, 0.15) is 47.5 Å². The molecule has 0 aliphatic heterocycles. The Morgan fingerprint density at radius 1 is 1.27 bits per heavy atom. The third-order valence-electron chi connectivity index (χ3n) is 3.97. The normalized spacial score (nSPS) is 17.3. The molecule has 1 aliphatic carbocycles. The summed E-state index contributed by atoms with van der Waals surface area (Å²) >= 11 is 0. The van der Waals surface area contributed by atoms with E-state index in [9.17, 15) is 0 Å². The molecule has 0 heterocycles. The Kier molecular flexibility index (Phi) is 4.04. The fourth-order valence-electron chi connectivity index (χ4n) is 3.34. The fourth-order valence-corrected chi connectivity index (χ4v) is 9.82. The lowest BCUT2D eigenvalue weighted by molar-refractivity contribution is 0.248. The summed E-state index contributed by atoms with van der Waals surface area (Å²) in [5, 5.41) is 1.16. The summed E-state index contributed by atoms with van der Waals surface area (Å²) in [5.41, 5.74) is 2.45. The highest BCUT2D eigenvalue weighted by atomic mass is 28.3. The molecule has 0 unspecified atom stereocenters. The van der Waals surface area contributed by atoms with Gasteiger partial charge in [0, 0.05) is 0 Å². The van der Waals surface area contributed by atoms with Crippen molar-refractivity contribution in [3.63, 3.8) is 0 Å². The Labute approximate surface area is 95.9 Å². The van der Waals surface area contributed by atoms with Crippen molar-refractivity contribution in [2.75, 3.05) is 6.61 Å². The quantitative estimate of drug-likeness (QED) is 0.478. The predicted octanol–water partition coefficient (Wildman–Crippen LogP) is 4.51. The van der Waals surface area contributed by atoms with Crippen LogP contribution in [0, 0.1) is 0 Å². The van der Waals surface area contributed by atoms with Crippen LogP contribution in [0.4, 0.5) is 0 Å². The molecule has 1 aliphatic rings. The predicted molar refractivity (Wildman–Crippen MR) is 69.7 cm³/mol. The van der Waals surface area contributed by atoms with Crippen molar-refractivity contribution in [2.45, 2.75) is 64.1 Å². The lowest BCUT2D eigenvalue weighted by atomic mass is 10.5. The van der Waals surface area contributed by atoms with Gasteiger partial charge in [0.2, 0.25) is 0 Å². The lowest BCUT2D eigenvalue weighted by Crippen LogP contribution is -2.45. The van der Waals surface area contributed by atoms with Crippen molar-refractivity contribution >= 4 is 8.07 Å². The zero-order valence-electron chi connectivity index (χ0n) is 11.0. The Hall–Kier alpha value is -0.243. The smallest absolute Gasteiger partial charge is 0.138 e. The molecule has 1 nitrogen and oxygen atoms in total. The van der Waals surface area contributed by atoms with Crippen LogP contribution in [0.3, 0.4) is 0 Å². The Bertz CT molecular complexity index is 215. The van der Waals surface area contributed by atoms with E-state index in [1.165, 1.54) is 12.8 Å². The summed E-state index contributed by atoms with van der Waals surface area (Å²) < 4.78 is 5.80. The third-order valence-corrected chi connectivity index (χ3v) is 10.8. The molecule has 0 spiro atoms. The summed E-state index contributed by atoms with van der Waals surface area (Å²) in [4.78, 5) is 0. The summed E-state index contributed by atoms with van der Waals surface area (Å²) in [6, 6.07) is 0. The van der Waals surface area contributed by atoms with Gasteiger partial charge in [-0.25, -0.2) is 0 Å². The molecule has 15 heavy (non-hydrogen) atoms. The summed E-state index contributed by atoms with van der Waals surface area (Å²) in [6.45, 7) is 16.6. The molecule has 2 heteroatoms. The SMILES string of the molecule is C=C(OCC)[Si](C(C)C)(C(C)C)C1CC1. The van der Waals surface area contributed by atoms with Gasteiger partial charge in [0.25, 0.3) is 0 Å². The molecule has 0 aromatic heterocycles. The van der Waals surface area contributed by atoms with Crippen LogP contribution in [-0.2, 0) is 4.74 Å². The first-order chi connectivity index (χ1) is 6.97. The second kappa shape index (κ2) is 4.73. The number of ether oxygens (including phenoxy) is 1. The maximum Gasteiger partial charge on any atom is 0.138 e. The van der Waals surface area contributed by atoms with Gasteiger partial charge in [-0.05, 0) is 23.5 Å². The topological polar surface area (TPSA) is 9.23 Å². The molecular formula is C13H26OSi. The van der Waals surface area contributed by atoms with Crippen LogP contribution in [-0.4, -0.2) is 14.7 Å². The van der Waals surface area contributed by atoms with Gasteiger partial charge in [0.05, 0.1) is 12.0 Å². The Balaban J connectivity index is 2.96. The first-order valence-electron chi connectivity index (χ1n) is 6.30. The molecule has 0 saturated heterocycles. The van der Waals surface area contributed by atoms with Gasteiger partial charge in [-0.15, -0.1) is 0 Å². The molecule has 88 valence electrons. The fraction of sp³-hybridized carbons (Fsp3) is 0.846. The molecule has 1 saturated carbocycles. The molecule has 0 N–H and O–H groups in total. The van der Waals surface area contributed by atoms with Crippen molar-refractivity contribution in [3.8, 4) is 0 Å². The third kappa shape index (κ3) is 2.15. The van der Waals surface area contributed by atoms with Crippen molar-refractivity contribution in [1.29, 1.82) is 0 Å². The summed E-state index contributed by atoms with van der Waals surface area (Å²) in [7, 11) is -1.46. The van der Waals surface area contributed by atoms with Gasteiger partial charge in [-0.2, -0.15) is 0 Å². The van der Waals surface area contributed by atoms with Gasteiger partial charge < -0.3 is 4.74 Å². The second-order valence-electron chi connectivity index (χ2n) is 5.37. The zero-order chi connectivity index (χ0) is 11.6. The van der Waals surface area contributed by atoms with Crippen LogP contribution in [0.2, 0.25) is 16.6 Å². The largest absolute Gasteiger partial charge is 0.504 e. The molecule has 0 amide bonds. The molecule has 0 bridgehead atoms. The van der Waals surface area contributed by atoms with Gasteiger partial charge in [0.1, 0.15) is 8.07 Å². The minimum absolute atomic E-state index is 0.754. The van der Waals surface area contributed by atoms with E-state index in [1.54, 1.807) is 0 Å². The van der Waals surface area contributed by atoms with Crippen LogP contribution in [0.15, 0.2) is 12.0 Å². The standard InChI is InChI=1S/C13H26OSi/c1-7-14-12(6)15(10(2)3,11(4)5)13-8-9-13/h10-11,13H,6-9H2,1-5H3. The number of hydrogen-bond acceptors (Lipinski definition) is 1. The van der Waals surface area contributed by atoms with Gasteiger partial charge in [-0.3, -0.25) is 0 Å². The van der Waals surface area contributed by atoms with Crippen LogP contribution in [0.5, 0.6) is 0 Å². The molecule has 0 aromatic carbocycles.